The molecule has 5 heteroatoms. The van der Waals surface area contributed by atoms with Gasteiger partial charge in [0.05, 0.1) is 33.9 Å². The number of hydrogen-bond acceptors (Lipinski definition) is 3. The Labute approximate surface area is 118 Å². The third kappa shape index (κ3) is 1.02. The smallest absolute Gasteiger partial charge is 0.329 e. The molecule has 5 nitrogen and oxygen atoms in total. The zero-order valence-corrected chi connectivity index (χ0v) is 10.4. The minimum Gasteiger partial charge on any atom is -0.413 e. The van der Waals surface area contributed by atoms with Gasteiger partial charge in [0.1, 0.15) is 6.54 Å². The molecule has 0 spiro atoms. The van der Waals surface area contributed by atoms with E-state index in [9.17, 15) is 0 Å². The van der Waals surface area contributed by atoms with Crippen molar-refractivity contribution in [3.8, 4) is 11.5 Å². The zero-order valence-electron chi connectivity index (χ0n) is 13.4. The first-order valence-electron chi connectivity index (χ1n) is 7.81. The van der Waals surface area contributed by atoms with Crippen LogP contribution in [0.3, 0.4) is 0 Å². The van der Waals surface area contributed by atoms with Crippen LogP contribution in [-0.2, 0) is 13.5 Å². The van der Waals surface area contributed by atoms with Crippen molar-refractivity contribution in [3.63, 3.8) is 0 Å². The van der Waals surface area contributed by atoms with Crippen molar-refractivity contribution < 1.29 is 13.1 Å². The fraction of sp³-hybridized carbons (Fsp3) is 0.133. The first-order chi connectivity index (χ1) is 11.1. The number of hydrogen-bond donors (Lipinski definition) is 0. The summed E-state index contributed by atoms with van der Waals surface area (Å²) in [6.07, 6.45) is 4.93. The molecule has 0 radical (unpaired) electrons. The third-order valence-electron chi connectivity index (χ3n) is 3.83. The largest absolute Gasteiger partial charge is 0.413 e. The highest BCUT2D eigenvalue weighted by Gasteiger charge is 2.34. The van der Waals surface area contributed by atoms with E-state index in [4.69, 9.17) is 8.53 Å². The molecular formula is C15H11N4O+. The lowest BCUT2D eigenvalue weighted by atomic mass is 10.2. The van der Waals surface area contributed by atoms with Crippen LogP contribution in [-0.4, -0.2) is 14.5 Å². The summed E-state index contributed by atoms with van der Waals surface area (Å²) in [5.41, 5.74) is 3.45. The van der Waals surface area contributed by atoms with E-state index in [1.54, 1.807) is 24.7 Å². The first kappa shape index (κ1) is 7.79. The molecule has 5 rings (SSSR count). The molecule has 0 aromatic carbocycles. The van der Waals surface area contributed by atoms with E-state index in [1.807, 2.05) is 16.7 Å². The van der Waals surface area contributed by atoms with Gasteiger partial charge in [0.15, 0.2) is 5.52 Å². The Hall–Kier alpha value is -2.69. The van der Waals surface area contributed by atoms with Crippen LogP contribution in [0.25, 0.3) is 33.6 Å². The quantitative estimate of drug-likeness (QED) is 0.403. The van der Waals surface area contributed by atoms with Gasteiger partial charge in [0.2, 0.25) is 5.58 Å². The molecule has 0 amide bonds. The summed E-state index contributed by atoms with van der Waals surface area (Å²) in [5.74, 6) is 0.648. The standard InChI is InChI=1S/C15H11N4O/c1-18-12-7-16-6-4-10(12)13-14(18)19-8-11-9(15(19)20-13)3-2-5-17-11/h2-7H,8H2,1H3/q+1/i1D3. The van der Waals surface area contributed by atoms with Gasteiger partial charge in [-0.25, -0.2) is 4.57 Å². The van der Waals surface area contributed by atoms with Crippen molar-refractivity contribution >= 4 is 22.1 Å². The SMILES string of the molecule is [2H]C([2H])([2H])n1c2cnccc2c2oc3[n+](c21)Cc1ncccc1-3. The Kier molecular flexibility index (Phi) is 1.27. The van der Waals surface area contributed by atoms with E-state index in [-0.39, 0.29) is 0 Å². The van der Waals surface area contributed by atoms with E-state index in [2.05, 4.69) is 9.97 Å². The molecule has 0 aliphatic carbocycles. The van der Waals surface area contributed by atoms with Gasteiger partial charge < -0.3 is 4.42 Å². The summed E-state index contributed by atoms with van der Waals surface area (Å²) in [5, 5.41) is 0.749. The van der Waals surface area contributed by atoms with Gasteiger partial charge in [-0.3, -0.25) is 9.97 Å². The van der Waals surface area contributed by atoms with Crippen molar-refractivity contribution in [2.24, 2.45) is 6.98 Å². The second-order valence-electron chi connectivity index (χ2n) is 4.87. The predicted octanol–water partition coefficient (Wildman–Crippen LogP) is 2.03. The van der Waals surface area contributed by atoms with Crippen LogP contribution in [0.2, 0.25) is 0 Å². The molecule has 0 N–H and O–H groups in total. The van der Waals surface area contributed by atoms with Gasteiger partial charge >= 0.3 is 5.65 Å². The lowest BCUT2D eigenvalue weighted by Gasteiger charge is -1.91. The molecule has 0 saturated carbocycles. The van der Waals surface area contributed by atoms with E-state index in [0.717, 1.165) is 16.6 Å². The zero-order chi connectivity index (χ0) is 15.8. The topological polar surface area (TPSA) is 47.7 Å². The molecule has 0 bridgehead atoms. The molecule has 0 unspecified atom stereocenters. The number of oxazole rings is 1. The number of aryl methyl sites for hydroxylation is 1. The summed E-state index contributed by atoms with van der Waals surface area (Å²) < 4.78 is 33.0. The van der Waals surface area contributed by atoms with E-state index >= 15 is 0 Å². The lowest BCUT2D eigenvalue weighted by Crippen LogP contribution is -2.32. The summed E-state index contributed by atoms with van der Waals surface area (Å²) in [6.45, 7) is -1.83. The van der Waals surface area contributed by atoms with E-state index in [1.165, 1.54) is 4.57 Å². The van der Waals surface area contributed by atoms with Crippen LogP contribution < -0.4 is 4.57 Å². The minimum atomic E-state index is -2.32. The molecule has 0 atom stereocenters. The predicted molar refractivity (Wildman–Crippen MR) is 73.0 cm³/mol. The normalized spacial score (nSPS) is 15.9. The fourth-order valence-electron chi connectivity index (χ4n) is 2.94. The third-order valence-corrected chi connectivity index (χ3v) is 3.83. The Morgan fingerprint density at radius 1 is 1.40 bits per heavy atom. The van der Waals surface area contributed by atoms with Crippen molar-refractivity contribution in [2.75, 3.05) is 0 Å². The number of pyridine rings is 2. The van der Waals surface area contributed by atoms with Crippen molar-refractivity contribution in [3.05, 3.63) is 42.5 Å². The van der Waals surface area contributed by atoms with E-state index < -0.39 is 6.98 Å². The average Bonchev–Trinajstić information content (AvgIpc) is 3.13. The van der Waals surface area contributed by atoms with Crippen molar-refractivity contribution in [2.45, 2.75) is 6.54 Å². The monoisotopic (exact) mass is 266 g/mol. The lowest BCUT2D eigenvalue weighted by molar-refractivity contribution is -0.652. The first-order valence-corrected chi connectivity index (χ1v) is 6.31. The summed E-state index contributed by atoms with van der Waals surface area (Å²) >= 11 is 0. The van der Waals surface area contributed by atoms with Gasteiger partial charge in [-0.15, -0.1) is 0 Å². The second kappa shape index (κ2) is 3.25. The number of fused-ring (bicyclic) bond motifs is 7. The van der Waals surface area contributed by atoms with Crippen LogP contribution in [0.15, 0.2) is 41.2 Å². The maximum atomic E-state index is 7.91. The average molecular weight is 266 g/mol. The molecule has 4 aromatic heterocycles. The summed E-state index contributed by atoms with van der Waals surface area (Å²) in [7, 11) is 0. The van der Waals surface area contributed by atoms with Crippen LogP contribution >= 0.6 is 0 Å². The van der Waals surface area contributed by atoms with Crippen LogP contribution in [0.1, 0.15) is 9.81 Å². The van der Waals surface area contributed by atoms with Gasteiger partial charge in [0, 0.05) is 12.4 Å². The molecular weight excluding hydrogens is 252 g/mol. The van der Waals surface area contributed by atoms with Crippen LogP contribution in [0.5, 0.6) is 0 Å². The van der Waals surface area contributed by atoms with Gasteiger partial charge in [-0.2, -0.15) is 4.57 Å². The number of rotatable bonds is 0. The highest BCUT2D eigenvalue weighted by molar-refractivity contribution is 6.02. The Morgan fingerprint density at radius 3 is 3.35 bits per heavy atom. The molecule has 20 heavy (non-hydrogen) atoms. The second-order valence-corrected chi connectivity index (χ2v) is 4.87. The van der Waals surface area contributed by atoms with Crippen molar-refractivity contribution in [1.29, 1.82) is 0 Å². The summed E-state index contributed by atoms with van der Waals surface area (Å²) in [6, 6.07) is 5.57. The molecule has 1 aliphatic rings. The number of aromatic nitrogens is 4. The molecule has 0 fully saturated rings. The van der Waals surface area contributed by atoms with Crippen LogP contribution in [0.4, 0.5) is 0 Å². The highest BCUT2D eigenvalue weighted by Crippen LogP contribution is 2.34. The van der Waals surface area contributed by atoms with Gasteiger partial charge in [-0.05, 0) is 18.2 Å². The molecule has 1 aliphatic heterocycles. The summed E-state index contributed by atoms with van der Waals surface area (Å²) in [4.78, 5) is 8.42. The maximum Gasteiger partial charge on any atom is 0.329 e. The van der Waals surface area contributed by atoms with E-state index in [0.29, 0.717) is 29.2 Å². The van der Waals surface area contributed by atoms with Gasteiger partial charge in [-0.1, -0.05) is 0 Å². The molecule has 5 heterocycles. The molecule has 96 valence electrons. The molecule has 4 aromatic rings. The molecule has 0 saturated heterocycles. The van der Waals surface area contributed by atoms with Crippen molar-refractivity contribution in [1.82, 2.24) is 14.5 Å². The maximum absolute atomic E-state index is 7.91. The number of nitrogens with zero attached hydrogens (tertiary/aromatic N) is 4. The minimum absolute atomic E-state index is 0.498. The van der Waals surface area contributed by atoms with Crippen LogP contribution in [0, 0.1) is 0 Å². The fourth-order valence-corrected chi connectivity index (χ4v) is 2.94. The highest BCUT2D eigenvalue weighted by atomic mass is 16.4. The Bertz CT molecular complexity index is 1090. The Balaban J connectivity index is 1.97. The Morgan fingerprint density at radius 2 is 2.40 bits per heavy atom. The van der Waals surface area contributed by atoms with Gasteiger partial charge in [0.25, 0.3) is 5.89 Å².